The van der Waals surface area contributed by atoms with E-state index in [1.807, 2.05) is 0 Å². The Morgan fingerprint density at radius 3 is 2.37 bits per heavy atom. The number of esters is 1. The minimum Gasteiger partial charge on any atom is -0.464 e. The van der Waals surface area contributed by atoms with Gasteiger partial charge in [-0.3, -0.25) is 19.6 Å². The SMILES string of the molecule is CCOC(=O)C(C)NC(=O)c1ccc(NS(=O)(=O)c2ccc(C)c([N+](=O)[O-])c2)cc1. The molecule has 0 aliphatic rings. The number of amides is 1. The quantitative estimate of drug-likeness (QED) is 0.368. The lowest BCUT2D eigenvalue weighted by Crippen LogP contribution is -2.39. The number of rotatable bonds is 8. The highest BCUT2D eigenvalue weighted by Crippen LogP contribution is 2.24. The van der Waals surface area contributed by atoms with Gasteiger partial charge >= 0.3 is 5.97 Å². The van der Waals surface area contributed by atoms with Crippen LogP contribution in [0.3, 0.4) is 0 Å². The van der Waals surface area contributed by atoms with Gasteiger partial charge < -0.3 is 10.1 Å². The number of aryl methyl sites for hydroxylation is 1. The van der Waals surface area contributed by atoms with Crippen LogP contribution in [0.4, 0.5) is 11.4 Å². The van der Waals surface area contributed by atoms with E-state index in [4.69, 9.17) is 4.74 Å². The van der Waals surface area contributed by atoms with Crippen molar-refractivity contribution in [3.63, 3.8) is 0 Å². The molecule has 2 rings (SSSR count). The number of hydrogen-bond acceptors (Lipinski definition) is 7. The van der Waals surface area contributed by atoms with Gasteiger partial charge in [0.2, 0.25) is 0 Å². The summed E-state index contributed by atoms with van der Waals surface area (Å²) in [6, 6.07) is 8.25. The van der Waals surface area contributed by atoms with E-state index in [0.717, 1.165) is 6.07 Å². The largest absolute Gasteiger partial charge is 0.464 e. The van der Waals surface area contributed by atoms with Gasteiger partial charge in [-0.2, -0.15) is 0 Å². The van der Waals surface area contributed by atoms with Crippen LogP contribution >= 0.6 is 0 Å². The maximum absolute atomic E-state index is 12.5. The Morgan fingerprint density at radius 2 is 1.80 bits per heavy atom. The fourth-order valence-corrected chi connectivity index (χ4v) is 3.54. The van der Waals surface area contributed by atoms with Crippen molar-refractivity contribution >= 4 is 33.3 Å². The maximum atomic E-state index is 12.5. The molecule has 0 saturated heterocycles. The monoisotopic (exact) mass is 435 g/mol. The van der Waals surface area contributed by atoms with E-state index in [2.05, 4.69) is 10.0 Å². The van der Waals surface area contributed by atoms with Crippen molar-refractivity contribution in [1.82, 2.24) is 5.32 Å². The van der Waals surface area contributed by atoms with Crippen molar-refractivity contribution in [2.24, 2.45) is 0 Å². The van der Waals surface area contributed by atoms with Gasteiger partial charge in [-0.1, -0.05) is 6.07 Å². The third-order valence-electron chi connectivity index (χ3n) is 4.07. The summed E-state index contributed by atoms with van der Waals surface area (Å²) in [7, 11) is -4.07. The second-order valence-electron chi connectivity index (χ2n) is 6.34. The summed E-state index contributed by atoms with van der Waals surface area (Å²) in [5.41, 5.74) is 0.403. The van der Waals surface area contributed by atoms with E-state index < -0.39 is 32.9 Å². The number of nitro groups is 1. The van der Waals surface area contributed by atoms with Crippen LogP contribution in [0.1, 0.15) is 29.8 Å². The van der Waals surface area contributed by atoms with Crippen LogP contribution in [0.2, 0.25) is 0 Å². The number of nitrogens with one attached hydrogen (secondary N) is 2. The summed E-state index contributed by atoms with van der Waals surface area (Å²) >= 11 is 0. The predicted octanol–water partition coefficient (Wildman–Crippen LogP) is 2.39. The van der Waals surface area contributed by atoms with Crippen LogP contribution in [0.25, 0.3) is 0 Å². The number of carbonyl (C=O) groups excluding carboxylic acids is 2. The van der Waals surface area contributed by atoms with Crippen LogP contribution in [0.5, 0.6) is 0 Å². The molecule has 0 bridgehead atoms. The van der Waals surface area contributed by atoms with Crippen molar-refractivity contribution in [1.29, 1.82) is 0 Å². The van der Waals surface area contributed by atoms with E-state index in [1.54, 1.807) is 6.92 Å². The molecule has 1 amide bonds. The van der Waals surface area contributed by atoms with E-state index in [-0.39, 0.29) is 28.4 Å². The zero-order chi connectivity index (χ0) is 22.5. The molecule has 0 heterocycles. The number of nitrogens with zero attached hydrogens (tertiary/aromatic N) is 1. The van der Waals surface area contributed by atoms with Crippen LogP contribution in [-0.2, 0) is 19.6 Å². The van der Waals surface area contributed by atoms with Gasteiger partial charge in [0.15, 0.2) is 0 Å². The van der Waals surface area contributed by atoms with Gasteiger partial charge in [0.1, 0.15) is 6.04 Å². The Morgan fingerprint density at radius 1 is 1.17 bits per heavy atom. The average molecular weight is 435 g/mol. The van der Waals surface area contributed by atoms with Crippen molar-refractivity contribution in [3.05, 3.63) is 63.7 Å². The molecule has 160 valence electrons. The number of sulfonamides is 1. The van der Waals surface area contributed by atoms with Crippen molar-refractivity contribution in [2.75, 3.05) is 11.3 Å². The molecule has 0 aromatic heterocycles. The maximum Gasteiger partial charge on any atom is 0.328 e. The lowest BCUT2D eigenvalue weighted by atomic mass is 10.2. The molecule has 2 N–H and O–H groups in total. The molecule has 30 heavy (non-hydrogen) atoms. The minimum atomic E-state index is -4.07. The summed E-state index contributed by atoms with van der Waals surface area (Å²) in [6.45, 7) is 4.84. The fourth-order valence-electron chi connectivity index (χ4n) is 2.46. The normalized spacial score (nSPS) is 12.0. The first-order valence-corrected chi connectivity index (χ1v) is 10.4. The summed E-state index contributed by atoms with van der Waals surface area (Å²) in [5, 5.41) is 13.5. The van der Waals surface area contributed by atoms with Gasteiger partial charge in [-0.25, -0.2) is 13.2 Å². The first-order chi connectivity index (χ1) is 14.0. The van der Waals surface area contributed by atoms with E-state index in [9.17, 15) is 28.1 Å². The number of nitro benzene ring substituents is 1. The molecule has 1 unspecified atom stereocenters. The Bertz CT molecular complexity index is 1070. The van der Waals surface area contributed by atoms with Gasteiger partial charge in [-0.05, 0) is 51.1 Å². The highest BCUT2D eigenvalue weighted by molar-refractivity contribution is 7.92. The Hall–Kier alpha value is -3.47. The molecule has 0 aliphatic heterocycles. The topological polar surface area (TPSA) is 145 Å². The predicted molar refractivity (Wildman–Crippen MR) is 109 cm³/mol. The number of ether oxygens (including phenoxy) is 1. The van der Waals surface area contributed by atoms with Gasteiger partial charge in [0.05, 0.1) is 16.4 Å². The summed E-state index contributed by atoms with van der Waals surface area (Å²) in [5.74, 6) is -1.10. The summed E-state index contributed by atoms with van der Waals surface area (Å²) < 4.78 is 32.2. The lowest BCUT2D eigenvalue weighted by Gasteiger charge is -2.13. The van der Waals surface area contributed by atoms with Crippen molar-refractivity contribution in [2.45, 2.75) is 31.7 Å². The highest BCUT2D eigenvalue weighted by Gasteiger charge is 2.21. The highest BCUT2D eigenvalue weighted by atomic mass is 32.2. The molecular formula is C19H21N3O7S. The first kappa shape index (κ1) is 22.8. The van der Waals surface area contributed by atoms with Crippen LogP contribution in [0.15, 0.2) is 47.4 Å². The zero-order valence-electron chi connectivity index (χ0n) is 16.5. The molecule has 0 fully saturated rings. The van der Waals surface area contributed by atoms with Gasteiger partial charge in [0.25, 0.3) is 21.6 Å². The average Bonchev–Trinajstić information content (AvgIpc) is 2.68. The lowest BCUT2D eigenvalue weighted by molar-refractivity contribution is -0.385. The third-order valence-corrected chi connectivity index (χ3v) is 5.45. The minimum absolute atomic E-state index is 0.160. The molecule has 0 spiro atoms. The molecule has 2 aromatic rings. The number of hydrogen-bond donors (Lipinski definition) is 2. The Labute approximate surface area is 173 Å². The van der Waals surface area contributed by atoms with Gasteiger partial charge in [-0.15, -0.1) is 0 Å². The van der Waals surface area contributed by atoms with E-state index in [1.165, 1.54) is 50.2 Å². The van der Waals surface area contributed by atoms with Crippen LogP contribution in [0, 0.1) is 17.0 Å². The molecule has 11 heteroatoms. The van der Waals surface area contributed by atoms with Crippen LogP contribution < -0.4 is 10.0 Å². The molecule has 0 radical (unpaired) electrons. The summed E-state index contributed by atoms with van der Waals surface area (Å²) in [4.78, 5) is 33.9. The molecule has 0 aliphatic carbocycles. The second kappa shape index (κ2) is 9.35. The standard InChI is InChI=1S/C19H21N3O7S/c1-4-29-19(24)13(3)20-18(23)14-6-8-15(9-7-14)21-30(27,28)16-10-5-12(2)17(11-16)22(25)26/h5-11,13,21H,4H2,1-3H3,(H,20,23). The Kier molecular flexibility index (Phi) is 7.11. The fraction of sp³-hybridized carbons (Fsp3) is 0.263. The Balaban J connectivity index is 2.13. The molecular weight excluding hydrogens is 414 g/mol. The van der Waals surface area contributed by atoms with Crippen molar-refractivity contribution < 1.29 is 27.7 Å². The molecule has 1 atom stereocenters. The number of carbonyl (C=O) groups is 2. The smallest absolute Gasteiger partial charge is 0.328 e. The molecule has 0 saturated carbocycles. The van der Waals surface area contributed by atoms with Crippen molar-refractivity contribution in [3.8, 4) is 0 Å². The van der Waals surface area contributed by atoms with Crippen LogP contribution in [-0.4, -0.2) is 37.9 Å². The van der Waals surface area contributed by atoms with E-state index >= 15 is 0 Å². The number of benzene rings is 2. The van der Waals surface area contributed by atoms with E-state index in [0.29, 0.717) is 5.56 Å². The number of anilines is 1. The third kappa shape index (κ3) is 5.54. The summed E-state index contributed by atoms with van der Waals surface area (Å²) in [6.07, 6.45) is 0. The molecule has 10 nitrogen and oxygen atoms in total. The van der Waals surface area contributed by atoms with Gasteiger partial charge in [0, 0.05) is 22.9 Å². The molecule has 2 aromatic carbocycles. The second-order valence-corrected chi connectivity index (χ2v) is 8.02. The first-order valence-electron chi connectivity index (χ1n) is 8.90. The zero-order valence-corrected chi connectivity index (χ0v) is 17.4.